The zero-order chi connectivity index (χ0) is 17.3. The van der Waals surface area contributed by atoms with Crippen molar-refractivity contribution in [2.75, 3.05) is 26.7 Å². The summed E-state index contributed by atoms with van der Waals surface area (Å²) in [6.07, 6.45) is 4.24. The van der Waals surface area contributed by atoms with Gasteiger partial charge in [0, 0.05) is 19.1 Å². The van der Waals surface area contributed by atoms with Crippen LogP contribution >= 0.6 is 11.3 Å². The monoisotopic (exact) mass is 372 g/mol. The Labute approximate surface area is 147 Å². The van der Waals surface area contributed by atoms with E-state index < -0.39 is 16.0 Å². The topological polar surface area (TPSA) is 75.7 Å². The van der Waals surface area contributed by atoms with Gasteiger partial charge in [-0.05, 0) is 56.0 Å². The van der Waals surface area contributed by atoms with E-state index in [4.69, 9.17) is 4.74 Å². The second kappa shape index (κ2) is 7.11. The number of carbonyl (C=O) groups is 1. The Hall–Kier alpha value is -0.960. The van der Waals surface area contributed by atoms with E-state index in [2.05, 4.69) is 5.32 Å². The van der Waals surface area contributed by atoms with Crippen LogP contribution in [0.2, 0.25) is 0 Å². The lowest BCUT2D eigenvalue weighted by atomic mass is 10.1. The zero-order valence-corrected chi connectivity index (χ0v) is 15.7. The number of rotatable bonds is 6. The van der Waals surface area contributed by atoms with Gasteiger partial charge < -0.3 is 10.1 Å². The standard InChI is InChI=1S/C16H24N2O4S2/c1-11-10-23-14(16(19)22-2)15(11)24(20,21)18-7-5-13(6-8-18)17-9-12-3-4-12/h10,12-13,17H,3-9H2,1-2H3. The summed E-state index contributed by atoms with van der Waals surface area (Å²) >= 11 is 1.13. The molecule has 0 atom stereocenters. The van der Waals surface area contributed by atoms with E-state index in [-0.39, 0.29) is 9.77 Å². The Morgan fingerprint density at radius 1 is 1.33 bits per heavy atom. The highest BCUT2D eigenvalue weighted by Gasteiger charge is 2.35. The van der Waals surface area contributed by atoms with Gasteiger partial charge in [-0.15, -0.1) is 11.3 Å². The van der Waals surface area contributed by atoms with Crippen molar-refractivity contribution in [2.24, 2.45) is 5.92 Å². The Balaban J connectivity index is 1.70. The molecule has 1 aliphatic heterocycles. The van der Waals surface area contributed by atoms with E-state index >= 15 is 0 Å². The second-order valence-electron chi connectivity index (χ2n) is 6.60. The molecule has 6 nitrogen and oxygen atoms in total. The smallest absolute Gasteiger partial charge is 0.349 e. The molecule has 0 radical (unpaired) electrons. The van der Waals surface area contributed by atoms with Gasteiger partial charge in [-0.1, -0.05) is 0 Å². The van der Waals surface area contributed by atoms with Crippen LogP contribution in [0.5, 0.6) is 0 Å². The number of piperidine rings is 1. The molecule has 1 saturated carbocycles. The highest BCUT2D eigenvalue weighted by atomic mass is 32.2. The molecule has 0 unspecified atom stereocenters. The molecule has 2 fully saturated rings. The molecule has 3 rings (SSSR count). The third-order valence-corrected chi connectivity index (χ3v) is 8.03. The average Bonchev–Trinajstić information content (AvgIpc) is 3.32. The predicted molar refractivity (Wildman–Crippen MR) is 92.9 cm³/mol. The summed E-state index contributed by atoms with van der Waals surface area (Å²) in [5.41, 5.74) is 0.606. The summed E-state index contributed by atoms with van der Waals surface area (Å²) < 4.78 is 32.2. The lowest BCUT2D eigenvalue weighted by Gasteiger charge is -2.32. The van der Waals surface area contributed by atoms with Crippen molar-refractivity contribution in [2.45, 2.75) is 43.5 Å². The van der Waals surface area contributed by atoms with E-state index in [1.54, 1.807) is 12.3 Å². The van der Waals surface area contributed by atoms with Crippen molar-refractivity contribution in [3.63, 3.8) is 0 Å². The molecule has 1 saturated heterocycles. The SMILES string of the molecule is COC(=O)c1scc(C)c1S(=O)(=O)N1CCC(NCC2CC2)CC1. The molecular formula is C16H24N2O4S2. The second-order valence-corrected chi connectivity index (χ2v) is 9.35. The fourth-order valence-corrected chi connectivity index (χ4v) is 6.20. The van der Waals surface area contributed by atoms with E-state index in [1.807, 2.05) is 0 Å². The van der Waals surface area contributed by atoms with Crippen molar-refractivity contribution in [1.82, 2.24) is 9.62 Å². The van der Waals surface area contributed by atoms with Crippen LogP contribution in [0.25, 0.3) is 0 Å². The number of ether oxygens (including phenoxy) is 1. The minimum absolute atomic E-state index is 0.115. The highest BCUT2D eigenvalue weighted by Crippen LogP contribution is 2.32. The largest absolute Gasteiger partial charge is 0.465 e. The average molecular weight is 373 g/mol. The summed E-state index contributed by atoms with van der Waals surface area (Å²) in [4.78, 5) is 12.2. The van der Waals surface area contributed by atoms with Gasteiger partial charge in [0.1, 0.15) is 9.77 Å². The molecule has 0 spiro atoms. The maximum absolute atomic E-state index is 13.0. The molecule has 1 aromatic heterocycles. The first-order chi connectivity index (χ1) is 11.4. The quantitative estimate of drug-likeness (QED) is 0.773. The fourth-order valence-electron chi connectivity index (χ4n) is 3.07. The molecule has 1 aromatic rings. The minimum atomic E-state index is -3.66. The third kappa shape index (κ3) is 3.66. The summed E-state index contributed by atoms with van der Waals surface area (Å²) in [5, 5.41) is 5.24. The number of hydrogen-bond acceptors (Lipinski definition) is 6. The van der Waals surface area contributed by atoms with Crippen LogP contribution < -0.4 is 5.32 Å². The lowest BCUT2D eigenvalue weighted by molar-refractivity contribution is 0.0602. The van der Waals surface area contributed by atoms with Crippen LogP contribution in [0.3, 0.4) is 0 Å². The molecular weight excluding hydrogens is 348 g/mol. The number of methoxy groups -OCH3 is 1. The molecule has 2 heterocycles. The molecule has 24 heavy (non-hydrogen) atoms. The number of carbonyl (C=O) groups excluding carboxylic acids is 1. The van der Waals surface area contributed by atoms with Gasteiger partial charge in [-0.2, -0.15) is 4.31 Å². The van der Waals surface area contributed by atoms with Gasteiger partial charge in [0.05, 0.1) is 7.11 Å². The van der Waals surface area contributed by atoms with Crippen molar-refractivity contribution in [1.29, 1.82) is 0 Å². The first kappa shape index (κ1) is 17.8. The summed E-state index contributed by atoms with van der Waals surface area (Å²) in [5.74, 6) is 0.232. The molecule has 0 amide bonds. The molecule has 1 aliphatic carbocycles. The fraction of sp³-hybridized carbons (Fsp3) is 0.688. The van der Waals surface area contributed by atoms with Gasteiger partial charge >= 0.3 is 5.97 Å². The van der Waals surface area contributed by atoms with E-state index in [0.29, 0.717) is 24.7 Å². The lowest BCUT2D eigenvalue weighted by Crippen LogP contribution is -2.45. The molecule has 0 bridgehead atoms. The van der Waals surface area contributed by atoms with Crippen LogP contribution in [0, 0.1) is 12.8 Å². The number of thiophene rings is 1. The molecule has 134 valence electrons. The first-order valence-electron chi connectivity index (χ1n) is 8.33. The predicted octanol–water partition coefficient (Wildman–Crippen LogP) is 2.00. The van der Waals surface area contributed by atoms with Crippen molar-refractivity contribution in [3.05, 3.63) is 15.8 Å². The van der Waals surface area contributed by atoms with Gasteiger partial charge in [0.15, 0.2) is 0 Å². The van der Waals surface area contributed by atoms with Gasteiger partial charge in [0.25, 0.3) is 0 Å². The van der Waals surface area contributed by atoms with Gasteiger partial charge in [-0.25, -0.2) is 13.2 Å². The number of aryl methyl sites for hydroxylation is 1. The third-order valence-electron chi connectivity index (χ3n) is 4.73. The molecule has 1 N–H and O–H groups in total. The minimum Gasteiger partial charge on any atom is -0.465 e. The number of nitrogens with zero attached hydrogens (tertiary/aromatic N) is 1. The van der Waals surface area contributed by atoms with Crippen LogP contribution in [0.15, 0.2) is 10.3 Å². The number of sulfonamides is 1. The van der Waals surface area contributed by atoms with E-state index in [0.717, 1.165) is 36.6 Å². The molecule has 2 aliphatic rings. The van der Waals surface area contributed by atoms with Crippen LogP contribution in [-0.2, 0) is 14.8 Å². The van der Waals surface area contributed by atoms with Crippen LogP contribution in [0.4, 0.5) is 0 Å². The van der Waals surface area contributed by atoms with E-state index in [1.165, 1.54) is 24.3 Å². The van der Waals surface area contributed by atoms with Gasteiger partial charge in [0.2, 0.25) is 10.0 Å². The Morgan fingerprint density at radius 2 is 2.00 bits per heavy atom. The molecule has 0 aromatic carbocycles. The molecule has 8 heteroatoms. The summed E-state index contributed by atoms with van der Waals surface area (Å²) in [7, 11) is -2.39. The van der Waals surface area contributed by atoms with Crippen LogP contribution in [0.1, 0.15) is 40.9 Å². The normalized spacial score (nSPS) is 20.2. The Morgan fingerprint density at radius 3 is 2.58 bits per heavy atom. The summed E-state index contributed by atoms with van der Waals surface area (Å²) in [6.45, 7) is 3.74. The first-order valence-corrected chi connectivity index (χ1v) is 10.7. The maximum Gasteiger partial charge on any atom is 0.349 e. The van der Waals surface area contributed by atoms with Crippen LogP contribution in [-0.4, -0.2) is 51.5 Å². The maximum atomic E-state index is 13.0. The Bertz CT molecular complexity index is 702. The van der Waals surface area contributed by atoms with Gasteiger partial charge in [-0.3, -0.25) is 0 Å². The Kier molecular flexibility index (Phi) is 5.29. The van der Waals surface area contributed by atoms with Crippen molar-refractivity contribution in [3.8, 4) is 0 Å². The number of hydrogen-bond donors (Lipinski definition) is 1. The highest BCUT2D eigenvalue weighted by molar-refractivity contribution is 7.89. The van der Waals surface area contributed by atoms with E-state index in [9.17, 15) is 13.2 Å². The zero-order valence-electron chi connectivity index (χ0n) is 14.1. The number of esters is 1. The number of nitrogens with one attached hydrogen (secondary N) is 1. The summed E-state index contributed by atoms with van der Waals surface area (Å²) in [6, 6.07) is 0.390. The van der Waals surface area contributed by atoms with Crippen molar-refractivity contribution >= 4 is 27.3 Å². The van der Waals surface area contributed by atoms with Crippen molar-refractivity contribution < 1.29 is 17.9 Å².